The molecule has 2 aliphatic carbocycles. The fraction of sp³-hybridized carbons (Fsp3) is 0.526. The van der Waals surface area contributed by atoms with Crippen molar-refractivity contribution in [3.63, 3.8) is 0 Å². The van der Waals surface area contributed by atoms with Crippen LogP contribution in [0.1, 0.15) is 41.6 Å². The Kier molecular flexibility index (Phi) is 4.43. The third-order valence-electron chi connectivity index (χ3n) is 5.70. The Balaban J connectivity index is 1.88. The first-order valence-electron chi connectivity index (χ1n) is 8.24. The van der Waals surface area contributed by atoms with E-state index in [2.05, 4.69) is 0 Å². The molecule has 0 saturated heterocycles. The Morgan fingerprint density at radius 2 is 1.50 bits per heavy atom. The van der Waals surface area contributed by atoms with Crippen LogP contribution in [-0.4, -0.2) is 31.9 Å². The highest BCUT2D eigenvalue weighted by Gasteiger charge is 2.59. The molecule has 0 aliphatic heterocycles. The summed E-state index contributed by atoms with van der Waals surface area (Å²) in [7, 11) is 2.72. The number of benzene rings is 1. The Morgan fingerprint density at radius 3 is 2.04 bits per heavy atom. The summed E-state index contributed by atoms with van der Waals surface area (Å²) in [6, 6.07) is 7.58. The predicted octanol–water partition coefficient (Wildman–Crippen LogP) is 2.59. The van der Waals surface area contributed by atoms with Crippen molar-refractivity contribution < 1.29 is 23.9 Å². The molecule has 2 saturated carbocycles. The zero-order valence-electron chi connectivity index (χ0n) is 14.2. The minimum absolute atomic E-state index is 0.0349. The van der Waals surface area contributed by atoms with Crippen LogP contribution >= 0.6 is 0 Å². The minimum atomic E-state index is -0.446. The standard InChI is InChI=1S/C19H22O5/c1-10(20)11-4-6-12(7-5-11)14-8-13-9-15(14)17(19(22)24-3)16(13)18(21)23-2/h4-7,13-17H,8-9H2,1-3H3. The van der Waals surface area contributed by atoms with E-state index in [4.69, 9.17) is 9.47 Å². The Hall–Kier alpha value is -2.17. The highest BCUT2D eigenvalue weighted by atomic mass is 16.5. The molecule has 5 unspecified atom stereocenters. The van der Waals surface area contributed by atoms with Gasteiger partial charge in [-0.2, -0.15) is 0 Å². The molecule has 0 spiro atoms. The number of hydrogen-bond donors (Lipinski definition) is 0. The van der Waals surface area contributed by atoms with Gasteiger partial charge in [-0.15, -0.1) is 0 Å². The highest BCUT2D eigenvalue weighted by Crippen LogP contribution is 2.59. The average Bonchev–Trinajstić information content (AvgIpc) is 3.18. The summed E-state index contributed by atoms with van der Waals surface area (Å²) in [6.45, 7) is 1.54. The lowest BCUT2D eigenvalue weighted by Gasteiger charge is -2.33. The summed E-state index contributed by atoms with van der Waals surface area (Å²) in [5, 5.41) is 0. The van der Waals surface area contributed by atoms with Crippen molar-refractivity contribution in [2.24, 2.45) is 23.7 Å². The Bertz CT molecular complexity index is 663. The summed E-state index contributed by atoms with van der Waals surface area (Å²) in [5.41, 5.74) is 1.79. The van der Waals surface area contributed by atoms with Gasteiger partial charge in [-0.05, 0) is 43.1 Å². The van der Waals surface area contributed by atoms with Crippen LogP contribution in [0, 0.1) is 23.7 Å². The number of esters is 2. The molecule has 0 heterocycles. The molecule has 0 N–H and O–H groups in total. The van der Waals surface area contributed by atoms with Crippen LogP contribution in [0.25, 0.3) is 0 Å². The van der Waals surface area contributed by atoms with Gasteiger partial charge in [0.05, 0.1) is 26.1 Å². The number of carbonyl (C=O) groups excluding carboxylic acids is 3. The highest BCUT2D eigenvalue weighted by molar-refractivity contribution is 5.94. The Morgan fingerprint density at radius 1 is 0.917 bits per heavy atom. The first-order valence-corrected chi connectivity index (χ1v) is 8.24. The third-order valence-corrected chi connectivity index (χ3v) is 5.70. The number of ether oxygens (including phenoxy) is 2. The smallest absolute Gasteiger partial charge is 0.309 e. The van der Waals surface area contributed by atoms with Crippen molar-refractivity contribution in [2.45, 2.75) is 25.7 Å². The topological polar surface area (TPSA) is 69.7 Å². The second kappa shape index (κ2) is 6.38. The van der Waals surface area contributed by atoms with E-state index in [0.29, 0.717) is 5.56 Å². The van der Waals surface area contributed by atoms with E-state index >= 15 is 0 Å². The number of methoxy groups -OCH3 is 2. The van der Waals surface area contributed by atoms with Crippen LogP contribution in [0.4, 0.5) is 0 Å². The van der Waals surface area contributed by atoms with E-state index in [-0.39, 0.29) is 35.5 Å². The number of carbonyl (C=O) groups is 3. The normalized spacial score (nSPS) is 30.9. The van der Waals surface area contributed by atoms with Gasteiger partial charge < -0.3 is 9.47 Å². The Labute approximate surface area is 141 Å². The minimum Gasteiger partial charge on any atom is -0.469 e. The number of ketones is 1. The van der Waals surface area contributed by atoms with Crippen LogP contribution in [0.15, 0.2) is 24.3 Å². The summed E-state index contributed by atoms with van der Waals surface area (Å²) >= 11 is 0. The number of rotatable bonds is 4. The van der Waals surface area contributed by atoms with Crippen molar-refractivity contribution in [1.29, 1.82) is 0 Å². The lowest BCUT2D eigenvalue weighted by Crippen LogP contribution is -2.38. The monoisotopic (exact) mass is 330 g/mol. The molecule has 5 nitrogen and oxygen atoms in total. The molecule has 0 aromatic heterocycles. The number of hydrogen-bond acceptors (Lipinski definition) is 5. The molecule has 2 bridgehead atoms. The van der Waals surface area contributed by atoms with Gasteiger partial charge in [0.15, 0.2) is 5.78 Å². The van der Waals surface area contributed by atoms with Crippen molar-refractivity contribution >= 4 is 17.7 Å². The summed E-state index contributed by atoms with van der Waals surface area (Å²) in [6.07, 6.45) is 1.69. The summed E-state index contributed by atoms with van der Waals surface area (Å²) < 4.78 is 9.87. The fourth-order valence-electron chi connectivity index (χ4n) is 4.64. The van der Waals surface area contributed by atoms with Crippen LogP contribution < -0.4 is 0 Å². The quantitative estimate of drug-likeness (QED) is 0.627. The maximum atomic E-state index is 12.3. The van der Waals surface area contributed by atoms with Gasteiger partial charge in [-0.25, -0.2) is 0 Å². The first-order chi connectivity index (χ1) is 11.5. The van der Waals surface area contributed by atoms with Gasteiger partial charge in [0.1, 0.15) is 0 Å². The van der Waals surface area contributed by atoms with Crippen LogP contribution in [0.3, 0.4) is 0 Å². The lowest BCUT2D eigenvalue weighted by atomic mass is 9.71. The largest absolute Gasteiger partial charge is 0.469 e. The van der Waals surface area contributed by atoms with E-state index in [1.165, 1.54) is 14.2 Å². The average molecular weight is 330 g/mol. The fourth-order valence-corrected chi connectivity index (χ4v) is 4.64. The van der Waals surface area contributed by atoms with Crippen LogP contribution in [0.2, 0.25) is 0 Å². The molecule has 128 valence electrons. The zero-order valence-corrected chi connectivity index (χ0v) is 14.2. The maximum absolute atomic E-state index is 12.3. The molecule has 1 aromatic carbocycles. The van der Waals surface area contributed by atoms with Gasteiger partial charge >= 0.3 is 11.9 Å². The maximum Gasteiger partial charge on any atom is 0.309 e. The van der Waals surface area contributed by atoms with Crippen LogP contribution in [-0.2, 0) is 19.1 Å². The number of fused-ring (bicyclic) bond motifs is 2. The molecule has 5 atom stereocenters. The molecule has 0 radical (unpaired) electrons. The first kappa shape index (κ1) is 16.7. The molecule has 24 heavy (non-hydrogen) atoms. The second-order valence-electron chi connectivity index (χ2n) is 6.78. The van der Waals surface area contributed by atoms with E-state index in [9.17, 15) is 14.4 Å². The molecule has 2 fully saturated rings. The van der Waals surface area contributed by atoms with Gasteiger partial charge in [-0.3, -0.25) is 14.4 Å². The zero-order chi connectivity index (χ0) is 17.4. The molecule has 1 aromatic rings. The molecule has 2 aliphatic rings. The van der Waals surface area contributed by atoms with E-state index in [1.54, 1.807) is 6.92 Å². The van der Waals surface area contributed by atoms with Gasteiger partial charge in [-0.1, -0.05) is 24.3 Å². The molecule has 3 rings (SSSR count). The predicted molar refractivity (Wildman–Crippen MR) is 86.4 cm³/mol. The van der Waals surface area contributed by atoms with E-state index in [1.807, 2.05) is 24.3 Å². The molecular formula is C19H22O5. The van der Waals surface area contributed by atoms with Crippen molar-refractivity contribution in [1.82, 2.24) is 0 Å². The van der Waals surface area contributed by atoms with Crippen molar-refractivity contribution in [3.8, 4) is 0 Å². The second-order valence-corrected chi connectivity index (χ2v) is 6.78. The third kappa shape index (κ3) is 2.62. The van der Waals surface area contributed by atoms with Gasteiger partial charge in [0, 0.05) is 5.56 Å². The van der Waals surface area contributed by atoms with Crippen molar-refractivity contribution in [3.05, 3.63) is 35.4 Å². The van der Waals surface area contributed by atoms with Gasteiger partial charge in [0.2, 0.25) is 0 Å². The SMILES string of the molecule is COC(=O)C1C2CC(c3ccc(C(C)=O)cc3)C(C2)C1C(=O)OC. The van der Waals surface area contributed by atoms with Crippen molar-refractivity contribution in [2.75, 3.05) is 14.2 Å². The summed E-state index contributed by atoms with van der Waals surface area (Å²) in [5.74, 6) is -1.03. The van der Waals surface area contributed by atoms with Gasteiger partial charge in [0.25, 0.3) is 0 Å². The van der Waals surface area contributed by atoms with Crippen LogP contribution in [0.5, 0.6) is 0 Å². The summed E-state index contributed by atoms with van der Waals surface area (Å²) in [4.78, 5) is 35.8. The van der Waals surface area contributed by atoms with E-state index in [0.717, 1.165) is 18.4 Å². The molecule has 0 amide bonds. The lowest BCUT2D eigenvalue weighted by molar-refractivity contribution is -0.160. The van der Waals surface area contributed by atoms with E-state index < -0.39 is 11.8 Å². The molecular weight excluding hydrogens is 308 g/mol. The number of Topliss-reactive ketones (excluding diaryl/α,β-unsaturated/α-hetero) is 1. The molecule has 5 heteroatoms.